The fraction of sp³-hybridized carbons (Fsp3) is 0.471. The molecule has 2 aliphatic rings. The minimum absolute atomic E-state index is 0.110. The molecule has 144 valence electrons. The van der Waals surface area contributed by atoms with E-state index in [0.29, 0.717) is 19.7 Å². The van der Waals surface area contributed by atoms with Crippen molar-refractivity contribution in [3.63, 3.8) is 0 Å². The molecule has 0 saturated carbocycles. The van der Waals surface area contributed by atoms with Crippen LogP contribution in [0.3, 0.4) is 0 Å². The summed E-state index contributed by atoms with van der Waals surface area (Å²) in [4.78, 5) is 50.5. The van der Waals surface area contributed by atoms with E-state index < -0.39 is 22.4 Å². The molecule has 0 bridgehead atoms. The second kappa shape index (κ2) is 6.95. The Morgan fingerprint density at radius 2 is 2.19 bits per heavy atom. The first kappa shape index (κ1) is 18.8. The number of rotatable bonds is 4. The minimum atomic E-state index is -1.47. The first-order valence-electron chi connectivity index (χ1n) is 8.51. The molecule has 2 atom stereocenters. The first-order chi connectivity index (χ1) is 12.7. The number of nitrogens with zero attached hydrogens (tertiary/aromatic N) is 3. The van der Waals surface area contributed by atoms with Gasteiger partial charge >= 0.3 is 6.03 Å². The fourth-order valence-electron chi connectivity index (χ4n) is 3.25. The van der Waals surface area contributed by atoms with Crippen LogP contribution in [0.15, 0.2) is 24.3 Å². The number of carbonyl (C=O) groups excluding carboxylic acids is 3. The predicted octanol–water partition coefficient (Wildman–Crippen LogP) is 0.609. The summed E-state index contributed by atoms with van der Waals surface area (Å²) < 4.78 is 5.38. The Bertz CT molecular complexity index is 812. The van der Waals surface area contributed by atoms with E-state index in [4.69, 9.17) is 4.74 Å². The van der Waals surface area contributed by atoms with Crippen LogP contribution in [0.4, 0.5) is 10.5 Å². The second-order valence-electron chi connectivity index (χ2n) is 6.78. The number of nitro groups is 1. The highest BCUT2D eigenvalue weighted by Crippen LogP contribution is 2.30. The van der Waals surface area contributed by atoms with Gasteiger partial charge in [-0.25, -0.2) is 4.79 Å². The van der Waals surface area contributed by atoms with Gasteiger partial charge in [0.1, 0.15) is 12.1 Å². The molecule has 10 nitrogen and oxygen atoms in total. The lowest BCUT2D eigenvalue weighted by atomic mass is 9.91. The van der Waals surface area contributed by atoms with Crippen LogP contribution in [-0.2, 0) is 19.9 Å². The van der Waals surface area contributed by atoms with Crippen molar-refractivity contribution in [2.75, 3.05) is 26.2 Å². The van der Waals surface area contributed by atoms with Gasteiger partial charge in [-0.15, -0.1) is 0 Å². The fourth-order valence-corrected chi connectivity index (χ4v) is 3.25. The Balaban J connectivity index is 1.79. The highest BCUT2D eigenvalue weighted by molar-refractivity contribution is 6.09. The van der Waals surface area contributed by atoms with Crippen LogP contribution in [-0.4, -0.2) is 64.9 Å². The van der Waals surface area contributed by atoms with Crippen molar-refractivity contribution in [2.45, 2.75) is 25.5 Å². The highest BCUT2D eigenvalue weighted by Gasteiger charge is 2.50. The summed E-state index contributed by atoms with van der Waals surface area (Å²) in [6.45, 7) is 4.11. The summed E-state index contributed by atoms with van der Waals surface area (Å²) in [7, 11) is 0. The number of benzene rings is 1. The Labute approximate surface area is 155 Å². The molecule has 0 radical (unpaired) electrons. The standard InChI is InChI=1S/C17H20N4O6/c1-11-9-19(6-7-27-11)14(22)10-20-15(23)17(2,18-16(20)24)12-4-3-5-13(8-12)21(25)26/h3-5,8,11H,6-7,9-10H2,1-2H3,(H,18,24). The van der Waals surface area contributed by atoms with Crippen molar-refractivity contribution in [3.05, 3.63) is 39.9 Å². The average molecular weight is 376 g/mol. The van der Waals surface area contributed by atoms with Crippen LogP contribution in [0.25, 0.3) is 0 Å². The van der Waals surface area contributed by atoms with Gasteiger partial charge in [0.2, 0.25) is 5.91 Å². The molecule has 1 N–H and O–H groups in total. The SMILES string of the molecule is CC1CN(C(=O)CN2C(=O)NC(C)(c3cccc([N+](=O)[O-])c3)C2=O)CCO1. The van der Waals surface area contributed by atoms with E-state index in [-0.39, 0.29) is 29.8 Å². The lowest BCUT2D eigenvalue weighted by Gasteiger charge is -2.32. The van der Waals surface area contributed by atoms with E-state index in [1.807, 2.05) is 6.92 Å². The van der Waals surface area contributed by atoms with Crippen molar-refractivity contribution in [2.24, 2.45) is 0 Å². The van der Waals surface area contributed by atoms with Gasteiger partial charge in [-0.1, -0.05) is 12.1 Å². The third-order valence-electron chi connectivity index (χ3n) is 4.80. The van der Waals surface area contributed by atoms with E-state index in [2.05, 4.69) is 5.32 Å². The maximum Gasteiger partial charge on any atom is 0.325 e. The van der Waals surface area contributed by atoms with Crippen LogP contribution < -0.4 is 5.32 Å². The van der Waals surface area contributed by atoms with Gasteiger partial charge < -0.3 is 15.0 Å². The van der Waals surface area contributed by atoms with Gasteiger partial charge in [-0.3, -0.25) is 24.6 Å². The molecule has 2 saturated heterocycles. The van der Waals surface area contributed by atoms with Crippen LogP contribution in [0, 0.1) is 10.1 Å². The molecule has 4 amide bonds. The quantitative estimate of drug-likeness (QED) is 0.467. The maximum atomic E-state index is 12.9. The number of nitro benzene ring substituents is 1. The number of morpholine rings is 1. The molecule has 0 aromatic heterocycles. The van der Waals surface area contributed by atoms with Crippen molar-refractivity contribution >= 4 is 23.5 Å². The molecular weight excluding hydrogens is 356 g/mol. The first-order valence-corrected chi connectivity index (χ1v) is 8.51. The summed E-state index contributed by atoms with van der Waals surface area (Å²) in [5, 5.41) is 13.5. The number of urea groups is 1. The average Bonchev–Trinajstić information content (AvgIpc) is 2.86. The third-order valence-corrected chi connectivity index (χ3v) is 4.80. The van der Waals surface area contributed by atoms with Crippen LogP contribution >= 0.6 is 0 Å². The number of imide groups is 1. The van der Waals surface area contributed by atoms with Crippen LogP contribution in [0.1, 0.15) is 19.4 Å². The molecule has 0 spiro atoms. The zero-order chi connectivity index (χ0) is 19.8. The van der Waals surface area contributed by atoms with Gasteiger partial charge in [-0.2, -0.15) is 0 Å². The summed E-state index contributed by atoms with van der Waals surface area (Å²) in [6, 6.07) is 4.81. The number of non-ortho nitro benzene ring substituents is 1. The summed E-state index contributed by atoms with van der Waals surface area (Å²) in [6.07, 6.45) is -0.110. The molecule has 0 aliphatic carbocycles. The van der Waals surface area contributed by atoms with E-state index in [1.54, 1.807) is 4.90 Å². The minimum Gasteiger partial charge on any atom is -0.375 e. The van der Waals surface area contributed by atoms with E-state index in [1.165, 1.54) is 31.2 Å². The van der Waals surface area contributed by atoms with Gasteiger partial charge in [-0.05, 0) is 19.4 Å². The van der Waals surface area contributed by atoms with E-state index in [9.17, 15) is 24.5 Å². The summed E-state index contributed by atoms with van der Waals surface area (Å²) >= 11 is 0. The Kier molecular flexibility index (Phi) is 4.83. The molecule has 2 aliphatic heterocycles. The molecule has 2 heterocycles. The lowest BCUT2D eigenvalue weighted by Crippen LogP contribution is -2.49. The van der Waals surface area contributed by atoms with Crippen LogP contribution in [0.5, 0.6) is 0 Å². The van der Waals surface area contributed by atoms with Crippen molar-refractivity contribution in [3.8, 4) is 0 Å². The monoisotopic (exact) mass is 376 g/mol. The molecule has 2 fully saturated rings. The number of hydrogen-bond donors (Lipinski definition) is 1. The largest absolute Gasteiger partial charge is 0.375 e. The van der Waals surface area contributed by atoms with Crippen molar-refractivity contribution in [1.29, 1.82) is 0 Å². The molecule has 3 rings (SSSR count). The lowest BCUT2D eigenvalue weighted by molar-refractivity contribution is -0.385. The molecule has 1 aromatic rings. The van der Waals surface area contributed by atoms with Gasteiger partial charge in [0.15, 0.2) is 0 Å². The number of nitrogens with one attached hydrogen (secondary N) is 1. The van der Waals surface area contributed by atoms with Gasteiger partial charge in [0.05, 0.1) is 17.6 Å². The number of carbonyl (C=O) groups is 3. The summed E-state index contributed by atoms with van der Waals surface area (Å²) in [5.74, 6) is -0.973. The molecule has 10 heteroatoms. The van der Waals surface area contributed by atoms with E-state index >= 15 is 0 Å². The number of hydrogen-bond acceptors (Lipinski definition) is 6. The predicted molar refractivity (Wildman–Crippen MR) is 92.7 cm³/mol. The third kappa shape index (κ3) is 3.47. The van der Waals surface area contributed by atoms with Crippen LogP contribution in [0.2, 0.25) is 0 Å². The highest BCUT2D eigenvalue weighted by atomic mass is 16.6. The Morgan fingerprint density at radius 3 is 2.85 bits per heavy atom. The molecule has 2 unspecified atom stereocenters. The Hall–Kier alpha value is -3.01. The maximum absolute atomic E-state index is 12.9. The normalized spacial score (nSPS) is 25.5. The van der Waals surface area contributed by atoms with Gasteiger partial charge in [0.25, 0.3) is 11.6 Å². The topological polar surface area (TPSA) is 122 Å². The molecular formula is C17H20N4O6. The molecule has 1 aromatic carbocycles. The smallest absolute Gasteiger partial charge is 0.325 e. The van der Waals surface area contributed by atoms with E-state index in [0.717, 1.165) is 4.90 Å². The van der Waals surface area contributed by atoms with Crippen molar-refractivity contribution in [1.82, 2.24) is 15.1 Å². The zero-order valence-corrected chi connectivity index (χ0v) is 15.0. The molecule has 27 heavy (non-hydrogen) atoms. The second-order valence-corrected chi connectivity index (χ2v) is 6.78. The van der Waals surface area contributed by atoms with Crippen molar-refractivity contribution < 1.29 is 24.0 Å². The Morgan fingerprint density at radius 1 is 1.44 bits per heavy atom. The number of ether oxygens (including phenoxy) is 1. The van der Waals surface area contributed by atoms with Gasteiger partial charge in [0, 0.05) is 25.2 Å². The zero-order valence-electron chi connectivity index (χ0n) is 15.0. The number of amides is 4. The summed E-state index contributed by atoms with van der Waals surface area (Å²) in [5.41, 5.74) is -1.38.